The van der Waals surface area contributed by atoms with Crippen molar-refractivity contribution in [2.45, 2.75) is 26.3 Å². The SMILES string of the molecule is CCCc1cc(NC(=O)NCc2cnc(Cl)s2)n(C)n1. The van der Waals surface area contributed by atoms with Crippen molar-refractivity contribution in [2.24, 2.45) is 7.05 Å². The van der Waals surface area contributed by atoms with Gasteiger partial charge in [0.1, 0.15) is 5.82 Å². The number of nitrogens with one attached hydrogen (secondary N) is 2. The van der Waals surface area contributed by atoms with Crippen LogP contribution in [0.2, 0.25) is 4.47 Å². The van der Waals surface area contributed by atoms with Gasteiger partial charge in [0.15, 0.2) is 4.47 Å². The van der Waals surface area contributed by atoms with Gasteiger partial charge in [-0.2, -0.15) is 5.10 Å². The molecule has 0 spiro atoms. The third kappa shape index (κ3) is 3.94. The molecule has 0 saturated carbocycles. The number of nitrogens with zero attached hydrogens (tertiary/aromatic N) is 3. The standard InChI is InChI=1S/C12H16ClN5OS/c1-3-4-8-5-10(18(2)17-8)16-12(19)15-7-9-6-14-11(13)20-9/h5-6H,3-4,7H2,1-2H3,(H2,15,16,19). The topological polar surface area (TPSA) is 71.8 Å². The van der Waals surface area contributed by atoms with E-state index in [1.54, 1.807) is 17.9 Å². The fourth-order valence-electron chi connectivity index (χ4n) is 1.72. The van der Waals surface area contributed by atoms with E-state index in [0.717, 1.165) is 23.4 Å². The first-order valence-electron chi connectivity index (χ1n) is 6.26. The van der Waals surface area contributed by atoms with E-state index in [4.69, 9.17) is 11.6 Å². The van der Waals surface area contributed by atoms with Crippen molar-refractivity contribution in [3.05, 3.63) is 27.3 Å². The van der Waals surface area contributed by atoms with Crippen LogP contribution in [0.3, 0.4) is 0 Å². The molecule has 2 aromatic heterocycles. The molecular weight excluding hydrogens is 298 g/mol. The molecular formula is C12H16ClN5OS. The van der Waals surface area contributed by atoms with Crippen LogP contribution in [0.4, 0.5) is 10.6 Å². The second kappa shape index (κ2) is 6.71. The average Bonchev–Trinajstić information content (AvgIpc) is 2.95. The highest BCUT2D eigenvalue weighted by Crippen LogP contribution is 2.17. The van der Waals surface area contributed by atoms with Crippen molar-refractivity contribution in [3.63, 3.8) is 0 Å². The van der Waals surface area contributed by atoms with Gasteiger partial charge in [-0.05, 0) is 6.42 Å². The fraction of sp³-hybridized carbons (Fsp3) is 0.417. The van der Waals surface area contributed by atoms with E-state index >= 15 is 0 Å². The van der Waals surface area contributed by atoms with Crippen LogP contribution in [0.5, 0.6) is 0 Å². The monoisotopic (exact) mass is 313 g/mol. The molecule has 2 aromatic rings. The van der Waals surface area contributed by atoms with Gasteiger partial charge in [0.25, 0.3) is 0 Å². The molecule has 0 aliphatic rings. The van der Waals surface area contributed by atoms with Gasteiger partial charge >= 0.3 is 6.03 Å². The highest BCUT2D eigenvalue weighted by Gasteiger charge is 2.08. The van der Waals surface area contributed by atoms with Crippen LogP contribution in [0, 0.1) is 0 Å². The molecule has 2 rings (SSSR count). The minimum absolute atomic E-state index is 0.277. The average molecular weight is 314 g/mol. The molecule has 8 heteroatoms. The van der Waals surface area contributed by atoms with Gasteiger partial charge in [0, 0.05) is 24.2 Å². The number of aromatic nitrogens is 3. The number of anilines is 1. The van der Waals surface area contributed by atoms with Gasteiger partial charge in [0.2, 0.25) is 0 Å². The Morgan fingerprint density at radius 1 is 1.55 bits per heavy atom. The third-order valence-electron chi connectivity index (χ3n) is 2.63. The summed E-state index contributed by atoms with van der Waals surface area (Å²) >= 11 is 7.07. The van der Waals surface area contributed by atoms with E-state index in [2.05, 4.69) is 27.6 Å². The lowest BCUT2D eigenvalue weighted by atomic mass is 10.2. The molecule has 108 valence electrons. The molecule has 20 heavy (non-hydrogen) atoms. The molecule has 2 heterocycles. The number of thiazole rings is 1. The summed E-state index contributed by atoms with van der Waals surface area (Å²) in [5.74, 6) is 0.674. The zero-order chi connectivity index (χ0) is 14.5. The molecule has 2 N–H and O–H groups in total. The number of hydrogen-bond acceptors (Lipinski definition) is 4. The highest BCUT2D eigenvalue weighted by atomic mass is 35.5. The first-order valence-corrected chi connectivity index (χ1v) is 7.46. The number of aryl methyl sites for hydroxylation is 2. The number of amides is 2. The molecule has 0 atom stereocenters. The predicted octanol–water partition coefficient (Wildman–Crippen LogP) is 2.80. The van der Waals surface area contributed by atoms with Crippen LogP contribution in [-0.2, 0) is 20.0 Å². The van der Waals surface area contributed by atoms with E-state index in [-0.39, 0.29) is 6.03 Å². The smallest absolute Gasteiger partial charge is 0.320 e. The molecule has 0 saturated heterocycles. The lowest BCUT2D eigenvalue weighted by molar-refractivity contribution is 0.251. The molecule has 6 nitrogen and oxygen atoms in total. The Kier molecular flexibility index (Phi) is 4.97. The lowest BCUT2D eigenvalue weighted by Gasteiger charge is -2.06. The second-order valence-electron chi connectivity index (χ2n) is 4.28. The molecule has 0 aliphatic carbocycles. The van der Waals surface area contributed by atoms with E-state index in [0.29, 0.717) is 16.8 Å². The summed E-state index contributed by atoms with van der Waals surface area (Å²) in [5.41, 5.74) is 0.972. The van der Waals surface area contributed by atoms with Crippen LogP contribution < -0.4 is 10.6 Å². The largest absolute Gasteiger partial charge is 0.333 e. The maximum absolute atomic E-state index is 11.8. The third-order valence-corrected chi connectivity index (χ3v) is 3.74. The summed E-state index contributed by atoms with van der Waals surface area (Å²) in [4.78, 5) is 16.6. The zero-order valence-corrected chi connectivity index (χ0v) is 12.9. The summed E-state index contributed by atoms with van der Waals surface area (Å²) in [6, 6.07) is 1.60. The first-order chi connectivity index (χ1) is 9.58. The van der Waals surface area contributed by atoms with Gasteiger partial charge in [0.05, 0.1) is 12.2 Å². The number of halogens is 1. The number of hydrogen-bond donors (Lipinski definition) is 2. The molecule has 0 unspecified atom stereocenters. The van der Waals surface area contributed by atoms with E-state index in [1.807, 2.05) is 6.07 Å². The van der Waals surface area contributed by atoms with Crippen LogP contribution in [-0.4, -0.2) is 20.8 Å². The minimum Gasteiger partial charge on any atom is -0.333 e. The van der Waals surface area contributed by atoms with Crippen LogP contribution in [0.25, 0.3) is 0 Å². The zero-order valence-electron chi connectivity index (χ0n) is 11.3. The quantitative estimate of drug-likeness (QED) is 0.891. The summed E-state index contributed by atoms with van der Waals surface area (Å²) in [5, 5.41) is 9.84. The Morgan fingerprint density at radius 2 is 2.35 bits per heavy atom. The Morgan fingerprint density at radius 3 is 3.00 bits per heavy atom. The summed E-state index contributed by atoms with van der Waals surface area (Å²) in [6.07, 6.45) is 3.57. The van der Waals surface area contributed by atoms with E-state index < -0.39 is 0 Å². The van der Waals surface area contributed by atoms with Crippen molar-refractivity contribution in [1.29, 1.82) is 0 Å². The van der Waals surface area contributed by atoms with Crippen molar-refractivity contribution in [3.8, 4) is 0 Å². The summed E-state index contributed by atoms with van der Waals surface area (Å²) in [6.45, 7) is 2.49. The van der Waals surface area contributed by atoms with Crippen LogP contribution >= 0.6 is 22.9 Å². The molecule has 0 radical (unpaired) electrons. The van der Waals surface area contributed by atoms with Gasteiger partial charge in [-0.1, -0.05) is 24.9 Å². The maximum Gasteiger partial charge on any atom is 0.320 e. The van der Waals surface area contributed by atoms with Crippen molar-refractivity contribution < 1.29 is 4.79 Å². The predicted molar refractivity (Wildman–Crippen MR) is 80.2 cm³/mol. The molecule has 0 aromatic carbocycles. The van der Waals surface area contributed by atoms with E-state index in [9.17, 15) is 4.79 Å². The minimum atomic E-state index is -0.277. The van der Waals surface area contributed by atoms with Crippen LogP contribution in [0.1, 0.15) is 23.9 Å². The molecule has 0 bridgehead atoms. The maximum atomic E-state index is 11.8. The second-order valence-corrected chi connectivity index (χ2v) is 5.98. The Hall–Kier alpha value is -1.60. The van der Waals surface area contributed by atoms with E-state index in [1.165, 1.54) is 11.3 Å². The lowest BCUT2D eigenvalue weighted by Crippen LogP contribution is -2.28. The highest BCUT2D eigenvalue weighted by molar-refractivity contribution is 7.15. The number of urea groups is 1. The number of rotatable bonds is 5. The Labute approximate surface area is 126 Å². The van der Waals surface area contributed by atoms with Gasteiger partial charge in [-0.3, -0.25) is 10.00 Å². The first kappa shape index (κ1) is 14.8. The van der Waals surface area contributed by atoms with Crippen LogP contribution in [0.15, 0.2) is 12.3 Å². The molecule has 0 fully saturated rings. The van der Waals surface area contributed by atoms with Crippen molar-refractivity contribution >= 4 is 34.8 Å². The normalized spacial score (nSPS) is 10.6. The summed E-state index contributed by atoms with van der Waals surface area (Å²) < 4.78 is 2.13. The molecule has 0 aliphatic heterocycles. The fourth-order valence-corrected chi connectivity index (χ4v) is 2.63. The number of carbonyl (C=O) groups is 1. The van der Waals surface area contributed by atoms with Crippen molar-refractivity contribution in [1.82, 2.24) is 20.1 Å². The van der Waals surface area contributed by atoms with Gasteiger partial charge < -0.3 is 5.32 Å². The van der Waals surface area contributed by atoms with Gasteiger partial charge in [-0.25, -0.2) is 9.78 Å². The summed E-state index contributed by atoms with van der Waals surface area (Å²) in [7, 11) is 1.80. The van der Waals surface area contributed by atoms with Crippen molar-refractivity contribution in [2.75, 3.05) is 5.32 Å². The Bertz CT molecular complexity index is 594. The molecule has 2 amide bonds. The number of carbonyl (C=O) groups excluding carboxylic acids is 1. The Balaban J connectivity index is 1.87. The van der Waals surface area contributed by atoms with Gasteiger partial charge in [-0.15, -0.1) is 11.3 Å².